The predicted octanol–water partition coefficient (Wildman–Crippen LogP) is 5.84. The lowest BCUT2D eigenvalue weighted by atomic mass is 10.0. The third-order valence-corrected chi connectivity index (χ3v) is 4.96. The van der Waals surface area contributed by atoms with Crippen LogP contribution in [0.25, 0.3) is 16.8 Å². The summed E-state index contributed by atoms with van der Waals surface area (Å²) in [5.41, 5.74) is 0.895. The van der Waals surface area contributed by atoms with E-state index in [0.29, 0.717) is 33.5 Å². The van der Waals surface area contributed by atoms with E-state index in [9.17, 15) is 10.1 Å². The van der Waals surface area contributed by atoms with Crippen molar-refractivity contribution in [2.75, 3.05) is 19.5 Å². The van der Waals surface area contributed by atoms with E-state index in [4.69, 9.17) is 25.8 Å². The van der Waals surface area contributed by atoms with Crippen molar-refractivity contribution in [3.05, 3.63) is 64.7 Å². The van der Waals surface area contributed by atoms with Gasteiger partial charge in [-0.05, 0) is 36.8 Å². The van der Waals surface area contributed by atoms with E-state index in [1.54, 1.807) is 6.07 Å². The summed E-state index contributed by atoms with van der Waals surface area (Å²) in [5, 5.41) is 14.6. The molecule has 0 radical (unpaired) electrons. The van der Waals surface area contributed by atoms with Crippen LogP contribution < -0.4 is 19.5 Å². The highest BCUT2D eigenvalue weighted by Crippen LogP contribution is 2.36. The van der Waals surface area contributed by atoms with Gasteiger partial charge in [0.15, 0.2) is 0 Å². The van der Waals surface area contributed by atoms with Gasteiger partial charge in [-0.15, -0.1) is 0 Å². The van der Waals surface area contributed by atoms with Gasteiger partial charge in [-0.25, -0.2) is 0 Å². The predicted molar refractivity (Wildman–Crippen MR) is 126 cm³/mol. The number of anilines is 1. The summed E-state index contributed by atoms with van der Waals surface area (Å²) >= 11 is 6.13. The van der Waals surface area contributed by atoms with E-state index in [1.165, 1.54) is 26.4 Å². The molecule has 0 aromatic heterocycles. The monoisotopic (exact) mass is 450 g/mol. The average Bonchev–Trinajstić information content (AvgIpc) is 2.78. The Hall–Kier alpha value is -3.69. The van der Waals surface area contributed by atoms with Gasteiger partial charge in [0, 0.05) is 17.7 Å². The lowest BCUT2D eigenvalue weighted by Gasteiger charge is -2.15. The third-order valence-electron chi connectivity index (χ3n) is 4.67. The van der Waals surface area contributed by atoms with Crippen LogP contribution in [0.2, 0.25) is 5.02 Å². The van der Waals surface area contributed by atoms with Crippen molar-refractivity contribution in [3.63, 3.8) is 0 Å². The highest BCUT2D eigenvalue weighted by molar-refractivity contribution is 6.32. The zero-order chi connectivity index (χ0) is 23.3. The fourth-order valence-corrected chi connectivity index (χ4v) is 3.45. The van der Waals surface area contributed by atoms with Gasteiger partial charge in [0.2, 0.25) is 0 Å². The minimum Gasteiger partial charge on any atom is -0.495 e. The van der Waals surface area contributed by atoms with Crippen LogP contribution in [-0.4, -0.2) is 26.2 Å². The Bertz CT molecular complexity index is 1230. The highest BCUT2D eigenvalue weighted by atomic mass is 35.5. The van der Waals surface area contributed by atoms with Crippen LogP contribution in [0.15, 0.2) is 54.1 Å². The summed E-state index contributed by atoms with van der Waals surface area (Å²) < 4.78 is 16.5. The molecule has 0 heterocycles. The molecular weight excluding hydrogens is 428 g/mol. The number of fused-ring (bicyclic) bond motifs is 1. The summed E-state index contributed by atoms with van der Waals surface area (Å²) in [6.45, 7) is 3.83. The van der Waals surface area contributed by atoms with Gasteiger partial charge < -0.3 is 19.5 Å². The summed E-state index contributed by atoms with van der Waals surface area (Å²) in [6, 6.07) is 16.6. The molecule has 3 rings (SSSR count). The number of hydrogen-bond donors (Lipinski definition) is 1. The molecule has 0 unspecified atom stereocenters. The molecule has 164 valence electrons. The number of nitrogens with zero attached hydrogens (tertiary/aromatic N) is 1. The fourth-order valence-electron chi connectivity index (χ4n) is 3.22. The number of ether oxygens (including phenoxy) is 3. The number of methoxy groups -OCH3 is 2. The van der Waals surface area contributed by atoms with Crippen molar-refractivity contribution in [3.8, 4) is 23.3 Å². The topological polar surface area (TPSA) is 80.6 Å². The number of hydrogen-bond acceptors (Lipinski definition) is 5. The molecule has 1 amide bonds. The number of carbonyl (C=O) groups excluding carboxylic acids is 1. The summed E-state index contributed by atoms with van der Waals surface area (Å²) in [4.78, 5) is 13.0. The van der Waals surface area contributed by atoms with Crippen molar-refractivity contribution in [1.82, 2.24) is 0 Å². The second-order valence-corrected chi connectivity index (χ2v) is 7.58. The number of benzene rings is 3. The van der Waals surface area contributed by atoms with Gasteiger partial charge in [0.1, 0.15) is 28.9 Å². The van der Waals surface area contributed by atoms with Gasteiger partial charge in [-0.1, -0.05) is 41.9 Å². The molecule has 0 aliphatic carbocycles. The van der Waals surface area contributed by atoms with E-state index in [-0.39, 0.29) is 11.7 Å². The smallest absolute Gasteiger partial charge is 0.266 e. The van der Waals surface area contributed by atoms with Crippen LogP contribution in [0.4, 0.5) is 5.69 Å². The second-order valence-electron chi connectivity index (χ2n) is 7.18. The van der Waals surface area contributed by atoms with Crippen molar-refractivity contribution < 1.29 is 19.0 Å². The molecule has 3 aromatic rings. The summed E-state index contributed by atoms with van der Waals surface area (Å²) in [7, 11) is 2.93. The molecule has 0 saturated heterocycles. The number of nitrogens with one attached hydrogen (secondary N) is 1. The number of rotatable bonds is 7. The van der Waals surface area contributed by atoms with Crippen molar-refractivity contribution >= 4 is 40.0 Å². The third kappa shape index (κ3) is 4.96. The fraction of sp³-hybridized carbons (Fsp3) is 0.200. The Balaban J connectivity index is 2.06. The lowest BCUT2D eigenvalue weighted by Crippen LogP contribution is -2.14. The number of nitriles is 1. The Morgan fingerprint density at radius 1 is 1.06 bits per heavy atom. The van der Waals surface area contributed by atoms with Crippen LogP contribution in [0.1, 0.15) is 19.4 Å². The Labute approximate surface area is 192 Å². The van der Waals surface area contributed by atoms with Crippen molar-refractivity contribution in [1.29, 1.82) is 5.26 Å². The minimum atomic E-state index is -0.599. The van der Waals surface area contributed by atoms with Gasteiger partial charge in [0.05, 0.1) is 31.0 Å². The molecule has 1 N–H and O–H groups in total. The maximum Gasteiger partial charge on any atom is 0.266 e. The Kier molecular flexibility index (Phi) is 7.24. The van der Waals surface area contributed by atoms with Crippen molar-refractivity contribution in [2.45, 2.75) is 20.0 Å². The molecule has 3 aromatic carbocycles. The molecule has 0 aliphatic rings. The summed E-state index contributed by atoms with van der Waals surface area (Å²) in [6.07, 6.45) is 1.46. The zero-order valence-electron chi connectivity index (χ0n) is 18.2. The van der Waals surface area contributed by atoms with Crippen molar-refractivity contribution in [2.24, 2.45) is 0 Å². The molecule has 7 heteroatoms. The van der Waals surface area contributed by atoms with Gasteiger partial charge in [0.25, 0.3) is 5.91 Å². The second kappa shape index (κ2) is 10.1. The van der Waals surface area contributed by atoms with Crippen LogP contribution in [0.3, 0.4) is 0 Å². The lowest BCUT2D eigenvalue weighted by molar-refractivity contribution is -0.112. The number of carbonyl (C=O) groups is 1. The molecule has 0 atom stereocenters. The zero-order valence-corrected chi connectivity index (χ0v) is 19.0. The average molecular weight is 451 g/mol. The standard InChI is InChI=1S/C25H23ClN2O4/c1-15(2)32-22-10-9-16-7-5-6-8-18(16)19(22)11-17(14-27)25(29)28-21-13-23(30-3)20(26)12-24(21)31-4/h5-13,15H,1-4H3,(H,28,29)/b17-11+. The van der Waals surface area contributed by atoms with Crippen LogP contribution in [-0.2, 0) is 4.79 Å². The first-order valence-corrected chi connectivity index (χ1v) is 10.3. The Morgan fingerprint density at radius 3 is 2.44 bits per heavy atom. The van der Waals surface area contributed by atoms with E-state index >= 15 is 0 Å². The van der Waals surface area contributed by atoms with E-state index < -0.39 is 5.91 Å². The minimum absolute atomic E-state index is 0.0755. The van der Waals surface area contributed by atoms with Gasteiger partial charge in [-0.2, -0.15) is 5.26 Å². The van der Waals surface area contributed by atoms with Crippen LogP contribution in [0.5, 0.6) is 17.2 Å². The van der Waals surface area contributed by atoms with Crippen LogP contribution in [0, 0.1) is 11.3 Å². The normalized spacial score (nSPS) is 11.2. The first kappa shape index (κ1) is 23.0. The quantitative estimate of drug-likeness (QED) is 0.361. The SMILES string of the molecule is COc1cc(NC(=O)/C(C#N)=C/c2c(OC(C)C)ccc3ccccc23)c(OC)cc1Cl. The Morgan fingerprint density at radius 2 is 1.78 bits per heavy atom. The highest BCUT2D eigenvalue weighted by Gasteiger charge is 2.17. The van der Waals surface area contributed by atoms with E-state index in [0.717, 1.165) is 10.8 Å². The van der Waals surface area contributed by atoms with E-state index in [1.807, 2.05) is 56.3 Å². The molecule has 0 aliphatic heterocycles. The maximum atomic E-state index is 13.0. The van der Waals surface area contributed by atoms with Gasteiger partial charge in [-0.3, -0.25) is 4.79 Å². The molecule has 0 saturated carbocycles. The molecule has 0 fully saturated rings. The summed E-state index contributed by atoms with van der Waals surface area (Å²) in [5.74, 6) is 0.700. The van der Waals surface area contributed by atoms with Crippen LogP contribution >= 0.6 is 11.6 Å². The molecular formula is C25H23ClN2O4. The maximum absolute atomic E-state index is 13.0. The van der Waals surface area contributed by atoms with Gasteiger partial charge >= 0.3 is 0 Å². The first-order chi connectivity index (χ1) is 15.4. The number of amides is 1. The molecule has 0 bridgehead atoms. The molecule has 0 spiro atoms. The first-order valence-electron chi connectivity index (χ1n) is 9.91. The van der Waals surface area contributed by atoms with E-state index in [2.05, 4.69) is 5.32 Å². The number of halogens is 1. The largest absolute Gasteiger partial charge is 0.495 e. The molecule has 32 heavy (non-hydrogen) atoms. The molecule has 6 nitrogen and oxygen atoms in total.